The Morgan fingerprint density at radius 1 is 1.33 bits per heavy atom. The lowest BCUT2D eigenvalue weighted by Gasteiger charge is -1.92. The fourth-order valence-corrected chi connectivity index (χ4v) is 2.46. The molecule has 0 bridgehead atoms. The van der Waals surface area contributed by atoms with Gasteiger partial charge in [0.1, 0.15) is 10.5 Å². The van der Waals surface area contributed by atoms with E-state index in [1.807, 2.05) is 0 Å². The van der Waals surface area contributed by atoms with Gasteiger partial charge >= 0.3 is 0 Å². The van der Waals surface area contributed by atoms with E-state index in [2.05, 4.69) is 30.9 Å². The third kappa shape index (κ3) is 1.32. The number of hydrogen-bond acceptors (Lipinski definition) is 4. The quantitative estimate of drug-likeness (QED) is 0.687. The Morgan fingerprint density at radius 2 is 2.08 bits per heavy atom. The van der Waals surface area contributed by atoms with Gasteiger partial charge in [0.15, 0.2) is 14.7 Å². The van der Waals surface area contributed by atoms with Gasteiger partial charge in [0.2, 0.25) is 0 Å². The third-order valence-corrected chi connectivity index (χ3v) is 3.19. The summed E-state index contributed by atoms with van der Waals surface area (Å²) in [5.74, 6) is 0.644. The molecule has 0 fully saturated rings. The van der Waals surface area contributed by atoms with Crippen molar-refractivity contribution in [2.75, 3.05) is 0 Å². The van der Waals surface area contributed by atoms with Crippen molar-refractivity contribution in [1.82, 2.24) is 15.0 Å². The Kier molecular flexibility index (Phi) is 2.02. The Hall–Kier alpha value is -0.260. The van der Waals surface area contributed by atoms with Gasteiger partial charge in [-0.15, -0.1) is 11.3 Å². The zero-order valence-electron chi connectivity index (χ0n) is 6.01. The summed E-state index contributed by atoms with van der Waals surface area (Å²) < 4.78 is 1.61. The summed E-state index contributed by atoms with van der Waals surface area (Å²) in [5.41, 5.74) is 0.657. The van der Waals surface area contributed by atoms with Gasteiger partial charge < -0.3 is 0 Å². The van der Waals surface area contributed by atoms with Crippen LogP contribution in [0.1, 0.15) is 5.82 Å². The van der Waals surface area contributed by atoms with Crippen LogP contribution in [-0.2, 0) is 0 Å². The van der Waals surface area contributed by atoms with Crippen LogP contribution in [0.2, 0.25) is 5.15 Å². The second-order valence-corrected chi connectivity index (χ2v) is 4.81. The van der Waals surface area contributed by atoms with Gasteiger partial charge in [-0.2, -0.15) is 0 Å². The first-order chi connectivity index (χ1) is 5.66. The number of hydrogen-bond donors (Lipinski definition) is 0. The summed E-state index contributed by atoms with van der Waals surface area (Å²) in [6.07, 6.45) is 0. The van der Waals surface area contributed by atoms with Crippen LogP contribution >= 0.6 is 38.9 Å². The molecule has 2 aromatic rings. The number of nitrogens with zero attached hydrogens (tertiary/aromatic N) is 3. The molecule has 0 aliphatic carbocycles. The minimum absolute atomic E-state index is 0.473. The Morgan fingerprint density at radius 3 is 2.83 bits per heavy atom. The summed E-state index contributed by atoms with van der Waals surface area (Å²) in [6, 6.07) is 0. The van der Waals surface area contributed by atoms with Gasteiger partial charge in [-0.3, -0.25) is 0 Å². The van der Waals surface area contributed by atoms with Gasteiger partial charge in [-0.25, -0.2) is 15.0 Å². The minimum Gasteiger partial charge on any atom is -0.220 e. The Balaban J connectivity index is 2.88. The highest BCUT2D eigenvalue weighted by atomic mass is 79.9. The average Bonchev–Trinajstić information content (AvgIpc) is 2.29. The van der Waals surface area contributed by atoms with Crippen LogP contribution in [0.15, 0.2) is 3.92 Å². The molecule has 0 aliphatic heterocycles. The van der Waals surface area contributed by atoms with Crippen LogP contribution in [-0.4, -0.2) is 15.0 Å². The second kappa shape index (κ2) is 2.90. The maximum atomic E-state index is 5.87. The predicted octanol–water partition coefficient (Wildman–Crippen LogP) is 2.81. The van der Waals surface area contributed by atoms with E-state index in [-0.39, 0.29) is 0 Å². The summed E-state index contributed by atoms with van der Waals surface area (Å²) in [7, 11) is 0. The van der Waals surface area contributed by atoms with E-state index in [9.17, 15) is 0 Å². The van der Waals surface area contributed by atoms with Crippen LogP contribution in [0.3, 0.4) is 0 Å². The Bertz CT molecular complexity index is 442. The number of fused-ring (bicyclic) bond motifs is 1. The number of thiazole rings is 1. The van der Waals surface area contributed by atoms with Crippen LogP contribution in [0.25, 0.3) is 10.3 Å². The van der Waals surface area contributed by atoms with E-state index in [1.54, 1.807) is 6.92 Å². The molecule has 0 unspecified atom stereocenters. The fourth-order valence-electron chi connectivity index (χ4n) is 0.868. The smallest absolute Gasteiger partial charge is 0.176 e. The summed E-state index contributed by atoms with van der Waals surface area (Å²) in [5, 5.41) is 0.473. The lowest BCUT2D eigenvalue weighted by atomic mass is 10.6. The van der Waals surface area contributed by atoms with Crippen molar-refractivity contribution in [1.29, 1.82) is 0 Å². The van der Waals surface area contributed by atoms with Crippen molar-refractivity contribution in [3.8, 4) is 0 Å². The van der Waals surface area contributed by atoms with Crippen molar-refractivity contribution < 1.29 is 0 Å². The van der Waals surface area contributed by atoms with Crippen molar-refractivity contribution in [3.63, 3.8) is 0 Å². The predicted molar refractivity (Wildman–Crippen MR) is 52.7 cm³/mol. The standard InChI is InChI=1S/C6H3BrClN3S/c1-2-9-4(8)3-5(10-2)11-6(7)12-3/h1H3. The fraction of sp³-hybridized carbons (Fsp3) is 0.167. The summed E-state index contributed by atoms with van der Waals surface area (Å²) in [4.78, 5) is 12.3. The molecule has 0 saturated heterocycles. The molecule has 0 saturated carbocycles. The van der Waals surface area contributed by atoms with E-state index in [1.165, 1.54) is 11.3 Å². The first-order valence-electron chi connectivity index (χ1n) is 3.13. The van der Waals surface area contributed by atoms with E-state index in [0.717, 1.165) is 8.62 Å². The molecular weight excluding hydrogens is 262 g/mol. The van der Waals surface area contributed by atoms with Crippen molar-refractivity contribution in [2.45, 2.75) is 6.92 Å². The van der Waals surface area contributed by atoms with E-state index in [0.29, 0.717) is 16.6 Å². The highest BCUT2D eigenvalue weighted by molar-refractivity contribution is 9.11. The van der Waals surface area contributed by atoms with Gasteiger partial charge in [0.25, 0.3) is 0 Å². The van der Waals surface area contributed by atoms with Crippen molar-refractivity contribution >= 4 is 49.2 Å². The monoisotopic (exact) mass is 263 g/mol. The molecule has 2 rings (SSSR count). The molecule has 2 heterocycles. The SMILES string of the molecule is Cc1nc(Cl)c2sc(Br)nc2n1. The molecule has 3 nitrogen and oxygen atoms in total. The number of aryl methyl sites for hydroxylation is 1. The topological polar surface area (TPSA) is 38.7 Å². The molecule has 0 radical (unpaired) electrons. The molecule has 0 aliphatic rings. The van der Waals surface area contributed by atoms with Crippen molar-refractivity contribution in [2.24, 2.45) is 0 Å². The third-order valence-electron chi connectivity index (χ3n) is 1.30. The average molecular weight is 265 g/mol. The molecular formula is C6H3BrClN3S. The van der Waals surface area contributed by atoms with Crippen LogP contribution < -0.4 is 0 Å². The molecule has 0 N–H and O–H groups in total. The molecule has 62 valence electrons. The highest BCUT2D eigenvalue weighted by Crippen LogP contribution is 2.29. The maximum absolute atomic E-state index is 5.87. The van der Waals surface area contributed by atoms with E-state index in [4.69, 9.17) is 11.6 Å². The normalized spacial score (nSPS) is 10.9. The van der Waals surface area contributed by atoms with E-state index >= 15 is 0 Å². The van der Waals surface area contributed by atoms with Crippen LogP contribution in [0.5, 0.6) is 0 Å². The minimum atomic E-state index is 0.473. The maximum Gasteiger partial charge on any atom is 0.176 e. The Labute approximate surface area is 85.9 Å². The molecule has 12 heavy (non-hydrogen) atoms. The molecule has 0 aromatic carbocycles. The lowest BCUT2D eigenvalue weighted by Crippen LogP contribution is -1.87. The first-order valence-corrected chi connectivity index (χ1v) is 5.12. The van der Waals surface area contributed by atoms with Gasteiger partial charge in [0.05, 0.1) is 0 Å². The molecule has 2 aromatic heterocycles. The number of aromatic nitrogens is 3. The molecule has 0 amide bonds. The zero-order valence-corrected chi connectivity index (χ0v) is 9.16. The molecule has 6 heteroatoms. The largest absolute Gasteiger partial charge is 0.220 e. The van der Waals surface area contributed by atoms with Crippen molar-refractivity contribution in [3.05, 3.63) is 14.9 Å². The first kappa shape index (κ1) is 8.34. The summed E-state index contributed by atoms with van der Waals surface area (Å²) >= 11 is 10.6. The molecule has 0 spiro atoms. The van der Waals surface area contributed by atoms with Crippen LogP contribution in [0, 0.1) is 6.92 Å². The molecule has 0 atom stereocenters. The summed E-state index contributed by atoms with van der Waals surface area (Å²) in [6.45, 7) is 1.79. The number of halogens is 2. The van der Waals surface area contributed by atoms with Gasteiger partial charge in [-0.1, -0.05) is 11.6 Å². The zero-order chi connectivity index (χ0) is 8.72. The highest BCUT2D eigenvalue weighted by Gasteiger charge is 2.08. The van der Waals surface area contributed by atoms with Gasteiger partial charge in [0, 0.05) is 0 Å². The van der Waals surface area contributed by atoms with E-state index < -0.39 is 0 Å². The lowest BCUT2D eigenvalue weighted by molar-refractivity contribution is 1.08. The van der Waals surface area contributed by atoms with Gasteiger partial charge in [-0.05, 0) is 22.9 Å². The second-order valence-electron chi connectivity index (χ2n) is 2.18. The number of rotatable bonds is 0. The van der Waals surface area contributed by atoms with Crippen LogP contribution in [0.4, 0.5) is 0 Å².